The van der Waals surface area contributed by atoms with E-state index in [4.69, 9.17) is 5.73 Å². The number of hydrogen-bond acceptors (Lipinski definition) is 5. The molecular weight excluding hydrogens is 480 g/mol. The van der Waals surface area contributed by atoms with E-state index in [9.17, 15) is 9.59 Å². The van der Waals surface area contributed by atoms with Crippen molar-refractivity contribution in [1.82, 2.24) is 9.88 Å². The number of primary amides is 1. The Morgan fingerprint density at radius 1 is 1.03 bits per heavy atom. The summed E-state index contributed by atoms with van der Waals surface area (Å²) < 4.78 is 1.09. The molecular formula is C27H27ClN4O2S. The SMILES string of the molecule is Cl.NC(=O)C1CCN(Cc2cc(C(=O)Nc3ccc4scnc4c3)ccc2-c2ccccc2)CC1. The zero-order valence-corrected chi connectivity index (χ0v) is 20.8. The summed E-state index contributed by atoms with van der Waals surface area (Å²) in [6, 6.07) is 21.9. The zero-order chi connectivity index (χ0) is 23.5. The van der Waals surface area contributed by atoms with E-state index in [1.165, 1.54) is 0 Å². The van der Waals surface area contributed by atoms with E-state index in [1.807, 2.05) is 54.6 Å². The second-order valence-electron chi connectivity index (χ2n) is 8.68. The maximum atomic E-state index is 13.1. The Morgan fingerprint density at radius 3 is 2.54 bits per heavy atom. The number of amides is 2. The molecule has 1 aromatic heterocycles. The van der Waals surface area contributed by atoms with Crippen LogP contribution in [0.15, 0.2) is 72.2 Å². The number of likely N-dealkylation sites (tertiary alicyclic amines) is 1. The van der Waals surface area contributed by atoms with Crippen LogP contribution in [0.1, 0.15) is 28.8 Å². The summed E-state index contributed by atoms with van der Waals surface area (Å²) in [7, 11) is 0. The molecule has 2 heterocycles. The summed E-state index contributed by atoms with van der Waals surface area (Å²) in [5.41, 5.74) is 12.8. The van der Waals surface area contributed by atoms with Crippen molar-refractivity contribution in [2.75, 3.05) is 18.4 Å². The van der Waals surface area contributed by atoms with Crippen molar-refractivity contribution in [3.8, 4) is 11.1 Å². The number of nitrogens with zero attached hydrogens (tertiary/aromatic N) is 2. The summed E-state index contributed by atoms with van der Waals surface area (Å²) in [5.74, 6) is -0.404. The first-order chi connectivity index (χ1) is 16.6. The van der Waals surface area contributed by atoms with Crippen molar-refractivity contribution in [1.29, 1.82) is 0 Å². The standard InChI is InChI=1S/C27H26N4O2S.ClH/c28-26(32)19-10-12-31(13-11-19)16-21-14-20(6-8-23(21)18-4-2-1-3-5-18)27(33)30-22-7-9-25-24(15-22)29-17-34-25;/h1-9,14-15,17,19H,10-13,16H2,(H2,28,32)(H,30,33);1H. The highest BCUT2D eigenvalue weighted by atomic mass is 35.5. The molecule has 35 heavy (non-hydrogen) atoms. The van der Waals surface area contributed by atoms with Crippen molar-refractivity contribution >= 4 is 51.5 Å². The molecule has 8 heteroatoms. The van der Waals surface area contributed by atoms with Gasteiger partial charge in [0.25, 0.3) is 5.91 Å². The van der Waals surface area contributed by atoms with Gasteiger partial charge in [-0.1, -0.05) is 36.4 Å². The number of carbonyl (C=O) groups is 2. The third-order valence-electron chi connectivity index (χ3n) is 6.42. The number of anilines is 1. The molecule has 2 amide bonds. The second kappa shape index (κ2) is 11.0. The number of thiazole rings is 1. The lowest BCUT2D eigenvalue weighted by Gasteiger charge is -2.31. The molecule has 1 aliphatic heterocycles. The number of nitrogens with two attached hydrogens (primary N) is 1. The number of hydrogen-bond donors (Lipinski definition) is 2. The van der Waals surface area contributed by atoms with Gasteiger partial charge in [-0.15, -0.1) is 23.7 Å². The Morgan fingerprint density at radius 2 is 1.80 bits per heavy atom. The number of rotatable bonds is 6. The van der Waals surface area contributed by atoms with E-state index in [0.29, 0.717) is 12.1 Å². The molecule has 0 saturated carbocycles. The number of aromatic nitrogens is 1. The highest BCUT2D eigenvalue weighted by molar-refractivity contribution is 7.16. The van der Waals surface area contributed by atoms with Crippen LogP contribution in [0.5, 0.6) is 0 Å². The molecule has 6 nitrogen and oxygen atoms in total. The largest absolute Gasteiger partial charge is 0.369 e. The van der Waals surface area contributed by atoms with Gasteiger partial charge in [0.05, 0.1) is 15.7 Å². The fraction of sp³-hybridized carbons (Fsp3) is 0.222. The molecule has 3 aromatic carbocycles. The van der Waals surface area contributed by atoms with Gasteiger partial charge in [-0.05, 0) is 73.0 Å². The van der Waals surface area contributed by atoms with E-state index in [2.05, 4.69) is 27.3 Å². The predicted molar refractivity (Wildman–Crippen MR) is 144 cm³/mol. The van der Waals surface area contributed by atoms with Gasteiger partial charge in [0, 0.05) is 23.7 Å². The lowest BCUT2D eigenvalue weighted by atomic mass is 9.94. The topological polar surface area (TPSA) is 88.3 Å². The number of nitrogens with one attached hydrogen (secondary N) is 1. The van der Waals surface area contributed by atoms with Crippen LogP contribution in [0.4, 0.5) is 5.69 Å². The van der Waals surface area contributed by atoms with Crippen LogP contribution >= 0.6 is 23.7 Å². The van der Waals surface area contributed by atoms with Crippen molar-refractivity contribution in [2.24, 2.45) is 11.7 Å². The van der Waals surface area contributed by atoms with Gasteiger partial charge in [0.2, 0.25) is 5.91 Å². The Bertz CT molecular complexity index is 1330. The molecule has 1 saturated heterocycles. The number of benzene rings is 3. The summed E-state index contributed by atoms with van der Waals surface area (Å²) in [6.07, 6.45) is 1.55. The molecule has 0 radical (unpaired) electrons. The van der Waals surface area contributed by atoms with E-state index < -0.39 is 0 Å². The summed E-state index contributed by atoms with van der Waals surface area (Å²) >= 11 is 1.58. The maximum absolute atomic E-state index is 13.1. The third-order valence-corrected chi connectivity index (χ3v) is 7.23. The molecule has 0 bridgehead atoms. The normalized spacial score (nSPS) is 14.4. The molecule has 0 aliphatic carbocycles. The smallest absolute Gasteiger partial charge is 0.255 e. The van der Waals surface area contributed by atoms with E-state index in [0.717, 1.165) is 58.5 Å². The molecule has 5 rings (SSSR count). The molecule has 1 aliphatic rings. The van der Waals surface area contributed by atoms with Crippen molar-refractivity contribution in [3.63, 3.8) is 0 Å². The van der Waals surface area contributed by atoms with Gasteiger partial charge in [0.1, 0.15) is 0 Å². The van der Waals surface area contributed by atoms with Crippen molar-refractivity contribution in [2.45, 2.75) is 19.4 Å². The van der Waals surface area contributed by atoms with Crippen LogP contribution in [0, 0.1) is 5.92 Å². The molecule has 0 spiro atoms. The van der Waals surface area contributed by atoms with Gasteiger partial charge >= 0.3 is 0 Å². The lowest BCUT2D eigenvalue weighted by Crippen LogP contribution is -2.38. The average Bonchev–Trinajstić information content (AvgIpc) is 3.33. The Labute approximate surface area is 214 Å². The van der Waals surface area contributed by atoms with Crippen LogP contribution in [0.25, 0.3) is 21.3 Å². The quantitative estimate of drug-likeness (QED) is 0.369. The Balaban J connectivity index is 0.00000289. The minimum absolute atomic E-state index is 0. The summed E-state index contributed by atoms with van der Waals surface area (Å²) in [6.45, 7) is 2.33. The molecule has 180 valence electrons. The van der Waals surface area contributed by atoms with Crippen molar-refractivity contribution in [3.05, 3.63) is 83.4 Å². The van der Waals surface area contributed by atoms with Gasteiger partial charge in [-0.3, -0.25) is 14.5 Å². The lowest BCUT2D eigenvalue weighted by molar-refractivity contribution is -0.123. The average molecular weight is 507 g/mol. The number of carbonyl (C=O) groups excluding carboxylic acids is 2. The Kier molecular flexibility index (Phi) is 7.80. The molecule has 3 N–H and O–H groups in total. The van der Waals surface area contributed by atoms with Crippen LogP contribution in [0.3, 0.4) is 0 Å². The van der Waals surface area contributed by atoms with E-state index >= 15 is 0 Å². The summed E-state index contributed by atoms with van der Waals surface area (Å²) in [4.78, 5) is 31.3. The number of piperidine rings is 1. The van der Waals surface area contributed by atoms with Crippen molar-refractivity contribution < 1.29 is 9.59 Å². The second-order valence-corrected chi connectivity index (χ2v) is 9.57. The predicted octanol–water partition coefficient (Wildman–Crippen LogP) is 5.33. The molecule has 0 atom stereocenters. The first kappa shape index (κ1) is 24.9. The van der Waals surface area contributed by atoms with Gasteiger partial charge in [-0.25, -0.2) is 4.98 Å². The Hall–Kier alpha value is -3.26. The van der Waals surface area contributed by atoms with E-state index in [1.54, 1.807) is 16.8 Å². The number of halogens is 1. The summed E-state index contributed by atoms with van der Waals surface area (Å²) in [5, 5.41) is 3.01. The van der Waals surface area contributed by atoms with Crippen LogP contribution in [-0.2, 0) is 11.3 Å². The first-order valence-electron chi connectivity index (χ1n) is 11.4. The minimum Gasteiger partial charge on any atom is -0.369 e. The monoisotopic (exact) mass is 506 g/mol. The number of fused-ring (bicyclic) bond motifs is 1. The van der Waals surface area contributed by atoms with Crippen LogP contribution < -0.4 is 11.1 Å². The van der Waals surface area contributed by atoms with E-state index in [-0.39, 0.29) is 30.1 Å². The fourth-order valence-corrected chi connectivity index (χ4v) is 5.18. The molecule has 4 aromatic rings. The molecule has 1 fully saturated rings. The minimum atomic E-state index is -0.209. The zero-order valence-electron chi connectivity index (χ0n) is 19.1. The highest BCUT2D eigenvalue weighted by Crippen LogP contribution is 2.28. The van der Waals surface area contributed by atoms with Gasteiger partial charge < -0.3 is 11.1 Å². The molecule has 0 unspecified atom stereocenters. The van der Waals surface area contributed by atoms with Crippen LogP contribution in [-0.4, -0.2) is 34.8 Å². The van der Waals surface area contributed by atoms with Crippen LogP contribution in [0.2, 0.25) is 0 Å². The fourth-order valence-electron chi connectivity index (χ4n) is 4.52. The van der Waals surface area contributed by atoms with Gasteiger partial charge in [-0.2, -0.15) is 0 Å². The maximum Gasteiger partial charge on any atom is 0.255 e. The van der Waals surface area contributed by atoms with Gasteiger partial charge in [0.15, 0.2) is 0 Å². The third kappa shape index (κ3) is 5.70. The highest BCUT2D eigenvalue weighted by Gasteiger charge is 2.24. The first-order valence-corrected chi connectivity index (χ1v) is 12.3.